The number of fused-ring (bicyclic) bond motifs is 2. The van der Waals surface area contributed by atoms with Crippen molar-refractivity contribution in [1.29, 1.82) is 0 Å². The SMILES string of the molecule is CC(C)(C)C1C2CCC(C2)CN1C(C)(C)C. The summed E-state index contributed by atoms with van der Waals surface area (Å²) in [5.41, 5.74) is 0.756. The molecule has 1 nitrogen and oxygen atoms in total. The van der Waals surface area contributed by atoms with Crippen LogP contribution in [0, 0.1) is 17.3 Å². The fourth-order valence-electron chi connectivity index (χ4n) is 4.08. The molecule has 3 atom stereocenters. The van der Waals surface area contributed by atoms with E-state index in [-0.39, 0.29) is 0 Å². The van der Waals surface area contributed by atoms with Gasteiger partial charge >= 0.3 is 0 Å². The van der Waals surface area contributed by atoms with Crippen LogP contribution in [0.25, 0.3) is 0 Å². The minimum Gasteiger partial charge on any atom is -0.294 e. The van der Waals surface area contributed by atoms with E-state index in [9.17, 15) is 0 Å². The van der Waals surface area contributed by atoms with Crippen LogP contribution in [-0.4, -0.2) is 23.0 Å². The first kappa shape index (κ1) is 12.4. The van der Waals surface area contributed by atoms with Gasteiger partial charge in [-0.25, -0.2) is 0 Å². The predicted octanol–water partition coefficient (Wildman–Crippen LogP) is 3.93. The van der Waals surface area contributed by atoms with E-state index < -0.39 is 0 Å². The van der Waals surface area contributed by atoms with Crippen molar-refractivity contribution in [1.82, 2.24) is 4.90 Å². The summed E-state index contributed by atoms with van der Waals surface area (Å²) in [7, 11) is 0. The second kappa shape index (κ2) is 3.73. The van der Waals surface area contributed by atoms with E-state index in [1.807, 2.05) is 0 Å². The van der Waals surface area contributed by atoms with Crippen LogP contribution in [0.3, 0.4) is 0 Å². The van der Waals surface area contributed by atoms with Crippen LogP contribution in [0.15, 0.2) is 0 Å². The quantitative estimate of drug-likeness (QED) is 0.601. The maximum atomic E-state index is 2.80. The number of rotatable bonds is 0. The molecule has 0 aromatic rings. The first-order valence-electron chi connectivity index (χ1n) is 6.96. The molecule has 3 unspecified atom stereocenters. The van der Waals surface area contributed by atoms with Gasteiger partial charge in [-0.1, -0.05) is 20.8 Å². The first-order valence-corrected chi connectivity index (χ1v) is 6.96. The third-order valence-electron chi connectivity index (χ3n) is 4.57. The van der Waals surface area contributed by atoms with Crippen molar-refractivity contribution in [2.75, 3.05) is 6.54 Å². The smallest absolute Gasteiger partial charge is 0.0177 e. The fourth-order valence-corrected chi connectivity index (χ4v) is 4.08. The molecule has 2 rings (SSSR count). The normalized spacial score (nSPS) is 36.8. The second-order valence-corrected chi connectivity index (χ2v) is 8.07. The van der Waals surface area contributed by atoms with E-state index >= 15 is 0 Å². The van der Waals surface area contributed by atoms with E-state index in [0.29, 0.717) is 11.0 Å². The van der Waals surface area contributed by atoms with E-state index in [4.69, 9.17) is 0 Å². The Kier molecular flexibility index (Phi) is 2.89. The second-order valence-electron chi connectivity index (χ2n) is 8.07. The Morgan fingerprint density at radius 1 is 0.938 bits per heavy atom. The fraction of sp³-hybridized carbons (Fsp3) is 1.00. The van der Waals surface area contributed by atoms with Gasteiger partial charge in [-0.2, -0.15) is 0 Å². The van der Waals surface area contributed by atoms with Crippen LogP contribution in [0.5, 0.6) is 0 Å². The number of likely N-dealkylation sites (tertiary alicyclic amines) is 1. The Morgan fingerprint density at radius 2 is 1.56 bits per heavy atom. The van der Waals surface area contributed by atoms with Crippen LogP contribution in [-0.2, 0) is 0 Å². The molecule has 2 bridgehead atoms. The monoisotopic (exact) mass is 223 g/mol. The molecule has 0 aromatic heterocycles. The number of hydrogen-bond acceptors (Lipinski definition) is 1. The van der Waals surface area contributed by atoms with Gasteiger partial charge in [0.2, 0.25) is 0 Å². The van der Waals surface area contributed by atoms with Crippen molar-refractivity contribution in [2.45, 2.75) is 72.4 Å². The Hall–Kier alpha value is -0.0400. The average molecular weight is 223 g/mol. The van der Waals surface area contributed by atoms with Crippen LogP contribution in [0.1, 0.15) is 60.8 Å². The molecule has 0 amide bonds. The summed E-state index contributed by atoms with van der Waals surface area (Å²) in [4.78, 5) is 2.80. The topological polar surface area (TPSA) is 3.24 Å². The summed E-state index contributed by atoms with van der Waals surface area (Å²) in [6.45, 7) is 15.8. The van der Waals surface area contributed by atoms with Crippen LogP contribution >= 0.6 is 0 Å². The summed E-state index contributed by atoms with van der Waals surface area (Å²) >= 11 is 0. The molecule has 94 valence electrons. The largest absolute Gasteiger partial charge is 0.294 e. The molecule has 0 N–H and O–H groups in total. The molecule has 2 fully saturated rings. The van der Waals surface area contributed by atoms with Crippen molar-refractivity contribution < 1.29 is 0 Å². The van der Waals surface area contributed by atoms with Gasteiger partial charge in [0.1, 0.15) is 0 Å². The highest BCUT2D eigenvalue weighted by molar-refractivity contribution is 5.01. The first-order chi connectivity index (χ1) is 7.19. The summed E-state index contributed by atoms with van der Waals surface area (Å²) in [6.07, 6.45) is 4.44. The summed E-state index contributed by atoms with van der Waals surface area (Å²) in [5.74, 6) is 1.95. The van der Waals surface area contributed by atoms with E-state index in [1.165, 1.54) is 25.8 Å². The molecule has 16 heavy (non-hydrogen) atoms. The number of piperidine rings is 1. The summed E-state index contributed by atoms with van der Waals surface area (Å²) in [6, 6.07) is 0.784. The van der Waals surface area contributed by atoms with Crippen LogP contribution in [0.4, 0.5) is 0 Å². The minimum atomic E-state index is 0.333. The number of hydrogen-bond donors (Lipinski definition) is 0. The highest BCUT2D eigenvalue weighted by Gasteiger charge is 2.48. The van der Waals surface area contributed by atoms with E-state index in [2.05, 4.69) is 46.4 Å². The van der Waals surface area contributed by atoms with Crippen LogP contribution < -0.4 is 0 Å². The van der Waals surface area contributed by atoms with Gasteiger partial charge in [0, 0.05) is 18.1 Å². The molecule has 0 radical (unpaired) electrons. The van der Waals surface area contributed by atoms with Gasteiger partial charge in [-0.3, -0.25) is 4.90 Å². The van der Waals surface area contributed by atoms with E-state index in [0.717, 1.165) is 17.9 Å². The highest BCUT2D eigenvalue weighted by atomic mass is 15.2. The van der Waals surface area contributed by atoms with Gasteiger partial charge in [0.05, 0.1) is 0 Å². The molecule has 1 heteroatoms. The highest BCUT2D eigenvalue weighted by Crippen LogP contribution is 2.48. The van der Waals surface area contributed by atoms with Gasteiger partial charge < -0.3 is 0 Å². The summed E-state index contributed by atoms with van der Waals surface area (Å²) < 4.78 is 0. The van der Waals surface area contributed by atoms with Gasteiger partial charge in [0.15, 0.2) is 0 Å². The van der Waals surface area contributed by atoms with Crippen molar-refractivity contribution in [2.24, 2.45) is 17.3 Å². The molecule has 0 aromatic carbocycles. The lowest BCUT2D eigenvalue weighted by Crippen LogP contribution is -2.59. The Morgan fingerprint density at radius 3 is 2.06 bits per heavy atom. The van der Waals surface area contributed by atoms with Gasteiger partial charge in [0.25, 0.3) is 0 Å². The molecule has 1 saturated carbocycles. The molecule has 1 aliphatic carbocycles. The van der Waals surface area contributed by atoms with Crippen molar-refractivity contribution >= 4 is 0 Å². The minimum absolute atomic E-state index is 0.333. The maximum absolute atomic E-state index is 2.80. The van der Waals surface area contributed by atoms with Gasteiger partial charge in [-0.05, 0) is 57.3 Å². The maximum Gasteiger partial charge on any atom is 0.0177 e. The zero-order valence-electron chi connectivity index (χ0n) is 12.0. The lowest BCUT2D eigenvalue weighted by molar-refractivity contribution is -0.0389. The lowest BCUT2D eigenvalue weighted by Gasteiger charge is -2.53. The Balaban J connectivity index is 2.28. The zero-order valence-corrected chi connectivity index (χ0v) is 12.0. The van der Waals surface area contributed by atoms with Crippen molar-refractivity contribution in [3.05, 3.63) is 0 Å². The third kappa shape index (κ3) is 2.16. The molecule has 1 saturated heterocycles. The molecule has 1 aliphatic heterocycles. The average Bonchev–Trinajstić information content (AvgIpc) is 2.42. The molecular formula is C15H29N. The molecule has 0 spiro atoms. The lowest BCUT2D eigenvalue weighted by atomic mass is 9.73. The van der Waals surface area contributed by atoms with E-state index in [1.54, 1.807) is 0 Å². The molecule has 1 heterocycles. The predicted molar refractivity (Wildman–Crippen MR) is 70.5 cm³/mol. The Labute approximate surface area is 102 Å². The van der Waals surface area contributed by atoms with Crippen LogP contribution in [0.2, 0.25) is 0 Å². The third-order valence-corrected chi connectivity index (χ3v) is 4.57. The Bertz CT molecular complexity index is 256. The van der Waals surface area contributed by atoms with Crippen molar-refractivity contribution in [3.63, 3.8) is 0 Å². The molecular weight excluding hydrogens is 194 g/mol. The molecule has 2 aliphatic rings. The summed E-state index contributed by atoms with van der Waals surface area (Å²) in [5, 5.41) is 0. The van der Waals surface area contributed by atoms with Crippen molar-refractivity contribution in [3.8, 4) is 0 Å². The zero-order chi connectivity index (χ0) is 12.1. The number of nitrogens with zero attached hydrogens (tertiary/aromatic N) is 1. The standard InChI is InChI=1S/C15H29N/c1-14(2,3)13-12-8-7-11(9-12)10-16(13)15(4,5)6/h11-13H,7-10H2,1-6H3. The van der Waals surface area contributed by atoms with Gasteiger partial charge in [-0.15, -0.1) is 0 Å².